The van der Waals surface area contributed by atoms with Crippen LogP contribution >= 0.6 is 0 Å². The largest absolute Gasteiger partial charge is 0.481 e. The molecule has 6 nitrogen and oxygen atoms in total. The summed E-state index contributed by atoms with van der Waals surface area (Å²) in [6.07, 6.45) is 7.32. The van der Waals surface area contributed by atoms with Gasteiger partial charge in [0.2, 0.25) is 5.88 Å². The number of amides is 1. The fraction of sp³-hybridized carbons (Fsp3) is 0.588. The second-order valence-corrected chi connectivity index (χ2v) is 6.15. The number of aromatic nitrogens is 1. The molecule has 2 rings (SSSR count). The van der Waals surface area contributed by atoms with Gasteiger partial charge in [0.25, 0.3) is 5.91 Å². The zero-order chi connectivity index (χ0) is 16.8. The van der Waals surface area contributed by atoms with Crippen LogP contribution in [-0.2, 0) is 4.79 Å². The molecule has 0 aromatic carbocycles. The van der Waals surface area contributed by atoms with Gasteiger partial charge in [-0.3, -0.25) is 9.59 Å². The minimum Gasteiger partial charge on any atom is -0.481 e. The predicted octanol–water partition coefficient (Wildman–Crippen LogP) is 2.63. The molecule has 1 saturated carbocycles. The molecule has 1 heterocycles. The summed E-state index contributed by atoms with van der Waals surface area (Å²) in [5.74, 6) is -1.46. The van der Waals surface area contributed by atoms with Gasteiger partial charge in [-0.15, -0.1) is 0 Å². The van der Waals surface area contributed by atoms with Gasteiger partial charge in [0, 0.05) is 23.9 Å². The molecule has 23 heavy (non-hydrogen) atoms. The van der Waals surface area contributed by atoms with Gasteiger partial charge >= 0.3 is 5.97 Å². The van der Waals surface area contributed by atoms with E-state index in [1.54, 1.807) is 32.2 Å². The summed E-state index contributed by atoms with van der Waals surface area (Å²) < 4.78 is 5.85. The Morgan fingerprint density at radius 1 is 1.30 bits per heavy atom. The average molecular weight is 320 g/mol. The zero-order valence-electron chi connectivity index (χ0n) is 13.6. The van der Waals surface area contributed by atoms with Gasteiger partial charge in [0.05, 0.1) is 5.92 Å². The van der Waals surface area contributed by atoms with Crippen LogP contribution < -0.4 is 10.1 Å². The van der Waals surface area contributed by atoms with Crippen LogP contribution in [0.4, 0.5) is 0 Å². The maximum atomic E-state index is 12.2. The summed E-state index contributed by atoms with van der Waals surface area (Å²) in [7, 11) is 0. The average Bonchev–Trinajstić information content (AvgIpc) is 2.55. The van der Waals surface area contributed by atoms with Crippen molar-refractivity contribution in [2.45, 2.75) is 58.1 Å². The molecule has 0 spiro atoms. The first-order valence-electron chi connectivity index (χ1n) is 8.13. The molecule has 0 radical (unpaired) electrons. The maximum Gasteiger partial charge on any atom is 0.308 e. The Morgan fingerprint density at radius 3 is 2.65 bits per heavy atom. The SMILES string of the molecule is CC(NC(=O)c1ccnc(OC2CCCCC2)c1)C(C)C(=O)O. The molecule has 2 unspecified atom stereocenters. The van der Waals surface area contributed by atoms with Crippen LogP contribution in [0.1, 0.15) is 56.3 Å². The van der Waals surface area contributed by atoms with Gasteiger partial charge in [0.1, 0.15) is 6.10 Å². The standard InChI is InChI=1S/C17H24N2O4/c1-11(17(21)22)12(2)19-16(20)13-8-9-18-15(10-13)23-14-6-4-3-5-7-14/h8-12,14H,3-7H2,1-2H3,(H,19,20)(H,21,22). The quantitative estimate of drug-likeness (QED) is 0.841. The number of carbonyl (C=O) groups excluding carboxylic acids is 1. The number of carboxylic acids is 1. The van der Waals surface area contributed by atoms with E-state index in [0.717, 1.165) is 25.7 Å². The topological polar surface area (TPSA) is 88.5 Å². The van der Waals surface area contributed by atoms with Gasteiger partial charge < -0.3 is 15.2 Å². The van der Waals surface area contributed by atoms with Crippen LogP contribution in [0.2, 0.25) is 0 Å². The van der Waals surface area contributed by atoms with Crippen molar-refractivity contribution in [2.75, 3.05) is 0 Å². The minimum absolute atomic E-state index is 0.167. The molecule has 6 heteroatoms. The Balaban J connectivity index is 1.97. The van der Waals surface area contributed by atoms with E-state index in [1.807, 2.05) is 0 Å². The molecule has 2 N–H and O–H groups in total. The van der Waals surface area contributed by atoms with Crippen LogP contribution in [0.5, 0.6) is 5.88 Å². The lowest BCUT2D eigenvalue weighted by atomic mass is 9.98. The lowest BCUT2D eigenvalue weighted by Crippen LogP contribution is -2.40. The molecule has 1 aromatic rings. The maximum absolute atomic E-state index is 12.2. The highest BCUT2D eigenvalue weighted by atomic mass is 16.5. The number of carbonyl (C=O) groups is 2. The van der Waals surface area contributed by atoms with Crippen LogP contribution in [0, 0.1) is 5.92 Å². The molecular formula is C17H24N2O4. The highest BCUT2D eigenvalue weighted by molar-refractivity contribution is 5.94. The zero-order valence-corrected chi connectivity index (χ0v) is 13.6. The molecule has 1 amide bonds. The summed E-state index contributed by atoms with van der Waals surface area (Å²) in [5, 5.41) is 11.7. The summed E-state index contributed by atoms with van der Waals surface area (Å²) in [6.45, 7) is 3.24. The second kappa shape index (κ2) is 7.94. The Labute approximate surface area is 136 Å². The molecule has 126 valence electrons. The summed E-state index contributed by atoms with van der Waals surface area (Å²) in [5.41, 5.74) is 0.426. The fourth-order valence-corrected chi connectivity index (χ4v) is 2.60. The Morgan fingerprint density at radius 2 is 2.00 bits per heavy atom. The first-order valence-corrected chi connectivity index (χ1v) is 8.13. The number of hydrogen-bond donors (Lipinski definition) is 2. The van der Waals surface area contributed by atoms with Gasteiger partial charge in [0.15, 0.2) is 0 Å². The van der Waals surface area contributed by atoms with Crippen LogP contribution in [0.15, 0.2) is 18.3 Å². The van der Waals surface area contributed by atoms with E-state index in [0.29, 0.717) is 11.4 Å². The fourth-order valence-electron chi connectivity index (χ4n) is 2.60. The number of nitrogens with one attached hydrogen (secondary N) is 1. The molecule has 1 fully saturated rings. The number of pyridine rings is 1. The lowest BCUT2D eigenvalue weighted by molar-refractivity contribution is -0.141. The van der Waals surface area contributed by atoms with Crippen LogP contribution in [0.25, 0.3) is 0 Å². The molecule has 1 aliphatic rings. The highest BCUT2D eigenvalue weighted by Crippen LogP contribution is 2.22. The summed E-state index contributed by atoms with van der Waals surface area (Å²) >= 11 is 0. The lowest BCUT2D eigenvalue weighted by Gasteiger charge is -2.22. The number of aliphatic carboxylic acids is 1. The minimum atomic E-state index is -0.936. The Kier molecular flexibility index (Phi) is 5.96. The Hall–Kier alpha value is -2.11. The van der Waals surface area contributed by atoms with Crippen LogP contribution in [0.3, 0.4) is 0 Å². The number of carboxylic acid groups (broad SMARTS) is 1. The third kappa shape index (κ3) is 4.94. The first kappa shape index (κ1) is 17.2. The third-order valence-electron chi connectivity index (χ3n) is 4.33. The first-order chi connectivity index (χ1) is 11.0. The van der Waals surface area contributed by atoms with E-state index in [2.05, 4.69) is 10.3 Å². The Bertz CT molecular complexity index is 555. The number of rotatable bonds is 6. The monoisotopic (exact) mass is 320 g/mol. The van der Waals surface area contributed by atoms with Gasteiger partial charge in [-0.25, -0.2) is 4.98 Å². The van der Waals surface area contributed by atoms with Gasteiger partial charge in [-0.1, -0.05) is 6.42 Å². The van der Waals surface area contributed by atoms with Crippen molar-refractivity contribution in [1.82, 2.24) is 10.3 Å². The van der Waals surface area contributed by atoms with Crippen molar-refractivity contribution in [1.29, 1.82) is 0 Å². The summed E-state index contributed by atoms with van der Waals surface area (Å²) in [4.78, 5) is 27.4. The number of hydrogen-bond acceptors (Lipinski definition) is 4. The van der Waals surface area contributed by atoms with Crippen molar-refractivity contribution >= 4 is 11.9 Å². The summed E-state index contributed by atoms with van der Waals surface area (Å²) in [6, 6.07) is 2.75. The van der Waals surface area contributed by atoms with E-state index in [-0.39, 0.29) is 12.0 Å². The van der Waals surface area contributed by atoms with E-state index >= 15 is 0 Å². The van der Waals surface area contributed by atoms with Gasteiger partial charge in [-0.05, 0) is 45.6 Å². The molecule has 2 atom stereocenters. The molecule has 0 saturated heterocycles. The van der Waals surface area contributed by atoms with E-state index in [9.17, 15) is 9.59 Å². The highest BCUT2D eigenvalue weighted by Gasteiger charge is 2.22. The van der Waals surface area contributed by atoms with Crippen molar-refractivity contribution in [3.8, 4) is 5.88 Å². The third-order valence-corrected chi connectivity index (χ3v) is 4.33. The smallest absolute Gasteiger partial charge is 0.308 e. The molecule has 1 aliphatic carbocycles. The van der Waals surface area contributed by atoms with Gasteiger partial charge in [-0.2, -0.15) is 0 Å². The van der Waals surface area contributed by atoms with Crippen molar-refractivity contribution in [3.05, 3.63) is 23.9 Å². The van der Waals surface area contributed by atoms with Crippen molar-refractivity contribution in [3.63, 3.8) is 0 Å². The van der Waals surface area contributed by atoms with E-state index in [1.165, 1.54) is 6.42 Å². The molecule has 0 bridgehead atoms. The molecule has 0 aliphatic heterocycles. The number of ether oxygens (including phenoxy) is 1. The predicted molar refractivity (Wildman–Crippen MR) is 85.5 cm³/mol. The second-order valence-electron chi connectivity index (χ2n) is 6.15. The normalized spacial score (nSPS) is 18.0. The molecule has 1 aromatic heterocycles. The van der Waals surface area contributed by atoms with Crippen molar-refractivity contribution in [2.24, 2.45) is 5.92 Å². The van der Waals surface area contributed by atoms with E-state index in [4.69, 9.17) is 9.84 Å². The number of nitrogens with zero attached hydrogens (tertiary/aromatic N) is 1. The van der Waals surface area contributed by atoms with E-state index < -0.39 is 17.9 Å². The molecular weight excluding hydrogens is 296 g/mol. The van der Waals surface area contributed by atoms with Crippen LogP contribution in [-0.4, -0.2) is 34.1 Å². The van der Waals surface area contributed by atoms with Crippen molar-refractivity contribution < 1.29 is 19.4 Å².